The molecule has 1 saturated heterocycles. The van der Waals surface area contributed by atoms with E-state index in [1.165, 1.54) is 29.2 Å². The number of tetrazole rings is 1. The molecule has 1 fully saturated rings. The Morgan fingerprint density at radius 1 is 1.23 bits per heavy atom. The largest absolute Gasteiger partial charge is 0.377 e. The molecular formula is C19H19ClN6O4S. The van der Waals surface area contributed by atoms with Crippen LogP contribution in [0.15, 0.2) is 53.7 Å². The van der Waals surface area contributed by atoms with Gasteiger partial charge in [0, 0.05) is 24.4 Å². The maximum Gasteiger partial charge on any atom is 0.255 e. The van der Waals surface area contributed by atoms with Crippen LogP contribution < -0.4 is 10.0 Å². The molecular weight excluding hydrogens is 444 g/mol. The molecule has 162 valence electrons. The molecule has 1 aliphatic rings. The van der Waals surface area contributed by atoms with Gasteiger partial charge in [0.05, 0.1) is 16.8 Å². The van der Waals surface area contributed by atoms with Gasteiger partial charge in [0.25, 0.3) is 5.91 Å². The second-order valence-corrected chi connectivity index (χ2v) is 9.03. The maximum absolute atomic E-state index is 12.7. The summed E-state index contributed by atoms with van der Waals surface area (Å²) in [4.78, 5) is 12.5. The van der Waals surface area contributed by atoms with Gasteiger partial charge in [-0.3, -0.25) is 4.79 Å². The summed E-state index contributed by atoms with van der Waals surface area (Å²) in [5.41, 5.74) is 1.41. The van der Waals surface area contributed by atoms with Crippen molar-refractivity contribution in [3.05, 3.63) is 59.4 Å². The maximum atomic E-state index is 12.7. The van der Waals surface area contributed by atoms with E-state index in [1.807, 2.05) is 0 Å². The Hall–Kier alpha value is -2.86. The number of amides is 1. The van der Waals surface area contributed by atoms with E-state index in [-0.39, 0.29) is 28.1 Å². The number of halogens is 1. The van der Waals surface area contributed by atoms with Gasteiger partial charge in [-0.1, -0.05) is 11.6 Å². The number of rotatable bonds is 7. The second-order valence-electron chi connectivity index (χ2n) is 6.89. The van der Waals surface area contributed by atoms with Gasteiger partial charge in [0.2, 0.25) is 10.0 Å². The van der Waals surface area contributed by atoms with Crippen molar-refractivity contribution in [1.82, 2.24) is 24.9 Å². The third kappa shape index (κ3) is 5.07. The zero-order valence-corrected chi connectivity index (χ0v) is 17.8. The molecule has 0 saturated carbocycles. The lowest BCUT2D eigenvalue weighted by Crippen LogP contribution is -2.32. The lowest BCUT2D eigenvalue weighted by atomic mass is 10.2. The van der Waals surface area contributed by atoms with Gasteiger partial charge in [-0.15, -0.1) is 5.10 Å². The van der Waals surface area contributed by atoms with Gasteiger partial charge < -0.3 is 10.1 Å². The van der Waals surface area contributed by atoms with E-state index >= 15 is 0 Å². The smallest absolute Gasteiger partial charge is 0.255 e. The molecule has 1 aromatic heterocycles. The van der Waals surface area contributed by atoms with E-state index in [4.69, 9.17) is 16.3 Å². The molecule has 2 N–H and O–H groups in total. The van der Waals surface area contributed by atoms with Crippen molar-refractivity contribution in [2.75, 3.05) is 18.5 Å². The number of benzene rings is 2. The van der Waals surface area contributed by atoms with Crippen molar-refractivity contribution in [2.24, 2.45) is 0 Å². The standard InChI is InChI=1S/C19H19ClN6O4S/c20-17-8-3-13(10-18(17)31(28,29)22-11-16-2-1-9-30-16)19(27)23-14-4-6-15(7-5-14)26-12-21-24-25-26/h3-8,10,12,16,22H,1-2,9,11H2,(H,23,27). The molecule has 4 rings (SSSR count). The number of carbonyl (C=O) groups excluding carboxylic acids is 1. The summed E-state index contributed by atoms with van der Waals surface area (Å²) in [5, 5.41) is 13.7. The highest BCUT2D eigenvalue weighted by atomic mass is 35.5. The average Bonchev–Trinajstić information content (AvgIpc) is 3.47. The van der Waals surface area contributed by atoms with Gasteiger partial charge in [-0.25, -0.2) is 17.8 Å². The van der Waals surface area contributed by atoms with Crippen molar-refractivity contribution in [3.8, 4) is 5.69 Å². The molecule has 2 aromatic carbocycles. The Labute approximate surface area is 183 Å². The number of hydrogen-bond acceptors (Lipinski definition) is 7. The van der Waals surface area contributed by atoms with Crippen LogP contribution in [0.25, 0.3) is 5.69 Å². The van der Waals surface area contributed by atoms with E-state index < -0.39 is 15.9 Å². The normalized spacial score (nSPS) is 16.4. The number of carbonyl (C=O) groups is 1. The first-order chi connectivity index (χ1) is 14.9. The number of nitrogens with one attached hydrogen (secondary N) is 2. The zero-order chi connectivity index (χ0) is 21.8. The summed E-state index contributed by atoms with van der Waals surface area (Å²) in [5.74, 6) is -0.470. The summed E-state index contributed by atoms with van der Waals surface area (Å²) in [6.45, 7) is 0.780. The minimum atomic E-state index is -3.90. The molecule has 31 heavy (non-hydrogen) atoms. The zero-order valence-electron chi connectivity index (χ0n) is 16.2. The van der Waals surface area contributed by atoms with Crippen LogP contribution in [0.3, 0.4) is 0 Å². The van der Waals surface area contributed by atoms with E-state index in [2.05, 4.69) is 25.6 Å². The van der Waals surface area contributed by atoms with E-state index in [0.29, 0.717) is 12.3 Å². The molecule has 0 aliphatic carbocycles. The van der Waals surface area contributed by atoms with Crippen LogP contribution in [0, 0.1) is 0 Å². The van der Waals surface area contributed by atoms with Crippen molar-refractivity contribution in [3.63, 3.8) is 0 Å². The number of hydrogen-bond donors (Lipinski definition) is 2. The molecule has 0 spiro atoms. The molecule has 1 unspecified atom stereocenters. The predicted molar refractivity (Wildman–Crippen MR) is 113 cm³/mol. The minimum Gasteiger partial charge on any atom is -0.377 e. The highest BCUT2D eigenvalue weighted by Gasteiger charge is 2.23. The van der Waals surface area contributed by atoms with Crippen molar-refractivity contribution in [1.29, 1.82) is 0 Å². The molecule has 2 heterocycles. The number of nitrogens with zero attached hydrogens (tertiary/aromatic N) is 4. The first-order valence-electron chi connectivity index (χ1n) is 9.48. The summed E-state index contributed by atoms with van der Waals surface area (Å²) >= 11 is 6.11. The molecule has 1 aliphatic heterocycles. The Morgan fingerprint density at radius 3 is 2.71 bits per heavy atom. The molecule has 10 nitrogen and oxygen atoms in total. The molecule has 3 aromatic rings. The SMILES string of the molecule is O=C(Nc1ccc(-n2cnnn2)cc1)c1ccc(Cl)c(S(=O)(=O)NCC2CCCO2)c1. The van der Waals surface area contributed by atoms with E-state index in [9.17, 15) is 13.2 Å². The molecule has 0 radical (unpaired) electrons. The first kappa shape index (κ1) is 21.4. The third-order valence-electron chi connectivity index (χ3n) is 4.75. The topological polar surface area (TPSA) is 128 Å². The lowest BCUT2D eigenvalue weighted by molar-refractivity contribution is 0.102. The molecule has 12 heteroatoms. The van der Waals surface area contributed by atoms with Crippen molar-refractivity contribution >= 4 is 33.2 Å². The Bertz CT molecular complexity index is 1160. The highest BCUT2D eigenvalue weighted by molar-refractivity contribution is 7.89. The minimum absolute atomic E-state index is 0.0298. The van der Waals surface area contributed by atoms with Gasteiger partial charge in [-0.2, -0.15) is 0 Å². The van der Waals surface area contributed by atoms with Crippen LogP contribution in [0.1, 0.15) is 23.2 Å². The second kappa shape index (κ2) is 9.10. The Balaban J connectivity index is 1.47. The quantitative estimate of drug-likeness (QED) is 0.549. The summed E-state index contributed by atoms with van der Waals surface area (Å²) in [6, 6.07) is 10.9. The van der Waals surface area contributed by atoms with Gasteiger partial charge in [0.1, 0.15) is 11.2 Å². The third-order valence-corrected chi connectivity index (χ3v) is 6.65. The van der Waals surface area contributed by atoms with Crippen LogP contribution in [0.5, 0.6) is 0 Å². The van der Waals surface area contributed by atoms with Crippen molar-refractivity contribution in [2.45, 2.75) is 23.8 Å². The summed E-state index contributed by atoms with van der Waals surface area (Å²) < 4.78 is 34.8. The van der Waals surface area contributed by atoms with Crippen LogP contribution in [0.4, 0.5) is 5.69 Å². The number of aromatic nitrogens is 4. The van der Waals surface area contributed by atoms with Crippen molar-refractivity contribution < 1.29 is 17.9 Å². The van der Waals surface area contributed by atoms with Crippen LogP contribution in [0.2, 0.25) is 5.02 Å². The van der Waals surface area contributed by atoms with Crippen LogP contribution in [-0.4, -0.2) is 53.8 Å². The van der Waals surface area contributed by atoms with E-state index in [0.717, 1.165) is 18.5 Å². The number of sulfonamides is 1. The van der Waals surface area contributed by atoms with Gasteiger partial charge >= 0.3 is 0 Å². The fourth-order valence-corrected chi connectivity index (χ4v) is 4.71. The predicted octanol–water partition coefficient (Wildman–Crippen LogP) is 2.03. The Kier molecular flexibility index (Phi) is 6.28. The number of anilines is 1. The average molecular weight is 463 g/mol. The molecule has 1 amide bonds. The monoisotopic (exact) mass is 462 g/mol. The van der Waals surface area contributed by atoms with Crippen LogP contribution >= 0.6 is 11.6 Å². The number of ether oxygens (including phenoxy) is 1. The van der Waals surface area contributed by atoms with E-state index in [1.54, 1.807) is 24.3 Å². The summed E-state index contributed by atoms with van der Waals surface area (Å²) in [7, 11) is -3.90. The fraction of sp³-hybridized carbons (Fsp3) is 0.263. The van der Waals surface area contributed by atoms with Gasteiger partial charge in [0.15, 0.2) is 0 Å². The lowest BCUT2D eigenvalue weighted by Gasteiger charge is -2.13. The molecule has 1 atom stereocenters. The summed E-state index contributed by atoms with van der Waals surface area (Å²) in [6.07, 6.45) is 3.00. The first-order valence-corrected chi connectivity index (χ1v) is 11.3. The Morgan fingerprint density at radius 2 is 2.03 bits per heavy atom. The van der Waals surface area contributed by atoms with Crippen LogP contribution in [-0.2, 0) is 14.8 Å². The van der Waals surface area contributed by atoms with Gasteiger partial charge in [-0.05, 0) is 65.7 Å². The fourth-order valence-electron chi connectivity index (χ4n) is 3.12. The molecule has 0 bridgehead atoms. The highest BCUT2D eigenvalue weighted by Crippen LogP contribution is 2.24.